The molecule has 5 nitrogen and oxygen atoms in total. The zero-order valence-corrected chi connectivity index (χ0v) is 13.6. The van der Waals surface area contributed by atoms with Gasteiger partial charge in [-0.2, -0.15) is 0 Å². The van der Waals surface area contributed by atoms with Gasteiger partial charge in [-0.05, 0) is 45.7 Å². The van der Waals surface area contributed by atoms with E-state index in [0.717, 1.165) is 12.2 Å². The molecule has 1 N–H and O–H groups in total. The molecule has 0 unspecified atom stereocenters. The summed E-state index contributed by atoms with van der Waals surface area (Å²) in [6, 6.07) is 1.70. The second-order valence-electron chi connectivity index (χ2n) is 6.85. The number of amides is 1. The molecule has 0 spiro atoms. The van der Waals surface area contributed by atoms with Crippen molar-refractivity contribution in [3.05, 3.63) is 17.5 Å². The Bertz CT molecular complexity index is 500. The molecule has 0 aromatic carbocycles. The summed E-state index contributed by atoms with van der Waals surface area (Å²) in [5.74, 6) is 0.185. The average Bonchev–Trinajstić information content (AvgIpc) is 3.01. The van der Waals surface area contributed by atoms with Crippen LogP contribution in [0.25, 0.3) is 0 Å². The lowest BCUT2D eigenvalue weighted by Gasteiger charge is -2.48. The molecule has 0 radical (unpaired) electrons. The van der Waals surface area contributed by atoms with Gasteiger partial charge in [-0.15, -0.1) is 0 Å². The van der Waals surface area contributed by atoms with Crippen molar-refractivity contribution >= 4 is 5.91 Å². The van der Waals surface area contributed by atoms with Gasteiger partial charge >= 0.3 is 0 Å². The van der Waals surface area contributed by atoms with E-state index in [1.165, 1.54) is 64.5 Å². The zero-order valence-electron chi connectivity index (χ0n) is 13.6. The molecule has 2 heterocycles. The first-order chi connectivity index (χ1) is 10.7. The van der Waals surface area contributed by atoms with Crippen molar-refractivity contribution in [3.8, 4) is 0 Å². The van der Waals surface area contributed by atoms with Crippen LogP contribution in [-0.4, -0.2) is 41.1 Å². The smallest absolute Gasteiger partial charge is 0.289 e. The maximum Gasteiger partial charge on any atom is 0.289 e. The molecule has 5 heteroatoms. The highest BCUT2D eigenvalue weighted by Gasteiger charge is 2.38. The minimum atomic E-state index is -0.137. The molecule has 2 fully saturated rings. The molecule has 1 saturated carbocycles. The Hall–Kier alpha value is -1.36. The van der Waals surface area contributed by atoms with E-state index in [-0.39, 0.29) is 11.4 Å². The van der Waals surface area contributed by atoms with Gasteiger partial charge < -0.3 is 9.84 Å². The molecule has 1 aliphatic carbocycles. The third-order valence-electron chi connectivity index (χ3n) is 5.24. The largest absolute Gasteiger partial charge is 0.351 e. The predicted molar refractivity (Wildman–Crippen MR) is 84.8 cm³/mol. The first kappa shape index (κ1) is 15.5. The summed E-state index contributed by atoms with van der Waals surface area (Å²) in [7, 11) is 0. The van der Waals surface area contributed by atoms with Crippen LogP contribution in [0.3, 0.4) is 0 Å². The number of hydrogen-bond acceptors (Lipinski definition) is 4. The van der Waals surface area contributed by atoms with Crippen LogP contribution < -0.4 is 5.32 Å². The van der Waals surface area contributed by atoms with Crippen molar-refractivity contribution in [1.82, 2.24) is 15.4 Å². The van der Waals surface area contributed by atoms with Gasteiger partial charge in [0, 0.05) is 18.2 Å². The van der Waals surface area contributed by atoms with Gasteiger partial charge in [0.15, 0.2) is 0 Å². The van der Waals surface area contributed by atoms with Crippen molar-refractivity contribution in [1.29, 1.82) is 0 Å². The maximum atomic E-state index is 12.3. The van der Waals surface area contributed by atoms with Crippen molar-refractivity contribution in [2.24, 2.45) is 0 Å². The van der Waals surface area contributed by atoms with Crippen LogP contribution in [-0.2, 0) is 0 Å². The first-order valence-electron chi connectivity index (χ1n) is 8.66. The van der Waals surface area contributed by atoms with Crippen LogP contribution in [0.5, 0.6) is 0 Å². The molecule has 1 saturated heterocycles. The fourth-order valence-electron chi connectivity index (χ4n) is 3.99. The summed E-state index contributed by atoms with van der Waals surface area (Å²) >= 11 is 0. The number of hydrogen-bond donors (Lipinski definition) is 1. The predicted octanol–water partition coefficient (Wildman–Crippen LogP) is 2.90. The molecular weight excluding hydrogens is 278 g/mol. The van der Waals surface area contributed by atoms with E-state index in [1.807, 2.05) is 6.92 Å². The SMILES string of the molecule is Cc1cc(C(=O)NCC2(N3CCCCC3)CCCCC2)on1. The molecule has 1 amide bonds. The monoisotopic (exact) mass is 305 g/mol. The van der Waals surface area contributed by atoms with Gasteiger partial charge in [0.1, 0.15) is 0 Å². The van der Waals surface area contributed by atoms with Crippen molar-refractivity contribution in [2.45, 2.75) is 63.8 Å². The molecule has 1 aromatic heterocycles. The summed E-state index contributed by atoms with van der Waals surface area (Å²) in [6.07, 6.45) is 10.2. The van der Waals surface area contributed by atoms with E-state index < -0.39 is 0 Å². The number of nitrogens with zero attached hydrogens (tertiary/aromatic N) is 2. The highest BCUT2D eigenvalue weighted by Crippen LogP contribution is 2.35. The normalized spacial score (nSPS) is 22.4. The Kier molecular flexibility index (Phi) is 4.81. The van der Waals surface area contributed by atoms with Gasteiger partial charge in [0.05, 0.1) is 5.69 Å². The Balaban J connectivity index is 1.66. The molecule has 0 bridgehead atoms. The standard InChI is InChI=1S/C17H27N3O2/c1-14-12-15(22-19-14)16(21)18-13-17(8-4-2-5-9-17)20-10-6-3-7-11-20/h12H,2-11,13H2,1H3,(H,18,21). The average molecular weight is 305 g/mol. The van der Waals surface area contributed by atoms with Crippen molar-refractivity contribution in [2.75, 3.05) is 19.6 Å². The third-order valence-corrected chi connectivity index (χ3v) is 5.24. The minimum absolute atomic E-state index is 0.137. The van der Waals surface area contributed by atoms with Crippen LogP contribution in [0, 0.1) is 6.92 Å². The Morgan fingerprint density at radius 3 is 2.55 bits per heavy atom. The molecule has 122 valence electrons. The highest BCUT2D eigenvalue weighted by atomic mass is 16.5. The van der Waals surface area contributed by atoms with E-state index in [9.17, 15) is 4.79 Å². The number of nitrogens with one attached hydrogen (secondary N) is 1. The van der Waals surface area contributed by atoms with Crippen molar-refractivity contribution in [3.63, 3.8) is 0 Å². The Morgan fingerprint density at radius 1 is 1.23 bits per heavy atom. The number of rotatable bonds is 4. The summed E-state index contributed by atoms with van der Waals surface area (Å²) in [5.41, 5.74) is 0.900. The summed E-state index contributed by atoms with van der Waals surface area (Å²) in [4.78, 5) is 14.9. The van der Waals surface area contributed by atoms with Crippen LogP contribution in [0.2, 0.25) is 0 Å². The van der Waals surface area contributed by atoms with E-state index >= 15 is 0 Å². The topological polar surface area (TPSA) is 58.4 Å². The van der Waals surface area contributed by atoms with Crippen LogP contribution >= 0.6 is 0 Å². The molecule has 3 rings (SSSR count). The third kappa shape index (κ3) is 3.35. The first-order valence-corrected chi connectivity index (χ1v) is 8.66. The molecule has 22 heavy (non-hydrogen) atoms. The summed E-state index contributed by atoms with van der Waals surface area (Å²) in [6.45, 7) is 4.91. The number of aryl methyl sites for hydroxylation is 1. The van der Waals surface area contributed by atoms with Gasteiger partial charge in [0.25, 0.3) is 5.91 Å². The second-order valence-corrected chi connectivity index (χ2v) is 6.85. The van der Waals surface area contributed by atoms with Gasteiger partial charge in [0.2, 0.25) is 5.76 Å². The highest BCUT2D eigenvalue weighted by molar-refractivity contribution is 5.91. The minimum Gasteiger partial charge on any atom is -0.351 e. The lowest BCUT2D eigenvalue weighted by atomic mass is 9.79. The molecule has 2 aliphatic rings. The maximum absolute atomic E-state index is 12.3. The second kappa shape index (κ2) is 6.82. The quantitative estimate of drug-likeness (QED) is 0.929. The number of aromatic nitrogens is 1. The Morgan fingerprint density at radius 2 is 1.91 bits per heavy atom. The fourth-order valence-corrected chi connectivity index (χ4v) is 3.99. The van der Waals surface area contributed by atoms with Gasteiger partial charge in [-0.1, -0.05) is 30.8 Å². The number of carbonyl (C=O) groups excluding carboxylic acids is 1. The number of carbonyl (C=O) groups is 1. The zero-order chi connectivity index (χ0) is 15.4. The lowest BCUT2D eigenvalue weighted by molar-refractivity contribution is 0.0322. The molecular formula is C17H27N3O2. The van der Waals surface area contributed by atoms with E-state index in [1.54, 1.807) is 6.07 Å². The van der Waals surface area contributed by atoms with Gasteiger partial charge in [-0.25, -0.2) is 0 Å². The van der Waals surface area contributed by atoms with Crippen LogP contribution in [0.4, 0.5) is 0 Å². The number of piperidine rings is 1. The summed E-state index contributed by atoms with van der Waals surface area (Å²) < 4.78 is 5.07. The van der Waals surface area contributed by atoms with Gasteiger partial charge in [-0.3, -0.25) is 9.69 Å². The lowest BCUT2D eigenvalue weighted by Crippen LogP contribution is -2.58. The molecule has 0 atom stereocenters. The van der Waals surface area contributed by atoms with Crippen LogP contribution in [0.15, 0.2) is 10.6 Å². The number of likely N-dealkylation sites (tertiary alicyclic amines) is 1. The Labute approximate surface area is 132 Å². The van der Waals surface area contributed by atoms with Crippen LogP contribution in [0.1, 0.15) is 67.6 Å². The van der Waals surface area contributed by atoms with E-state index in [4.69, 9.17) is 4.52 Å². The van der Waals surface area contributed by atoms with E-state index in [2.05, 4.69) is 15.4 Å². The molecule has 1 aliphatic heterocycles. The molecule has 1 aromatic rings. The summed E-state index contributed by atoms with van der Waals surface area (Å²) in [5, 5.41) is 6.90. The van der Waals surface area contributed by atoms with E-state index in [0.29, 0.717) is 5.76 Å². The van der Waals surface area contributed by atoms with Crippen molar-refractivity contribution < 1.29 is 9.32 Å². The fraction of sp³-hybridized carbons (Fsp3) is 0.765.